The lowest BCUT2D eigenvalue weighted by molar-refractivity contribution is -0.121. The van der Waals surface area contributed by atoms with Crippen LogP contribution in [0.5, 0.6) is 0 Å². The Bertz CT molecular complexity index is 1170. The fourth-order valence-corrected chi connectivity index (χ4v) is 4.36. The first-order valence-corrected chi connectivity index (χ1v) is 12.3. The molecule has 1 saturated heterocycles. The molecule has 0 aliphatic carbocycles. The summed E-state index contributed by atoms with van der Waals surface area (Å²) in [6, 6.07) is 12.0. The van der Waals surface area contributed by atoms with E-state index in [0.29, 0.717) is 30.0 Å². The largest absolute Gasteiger partial charge is 0.352 e. The van der Waals surface area contributed by atoms with Crippen molar-refractivity contribution < 1.29 is 4.79 Å². The minimum atomic E-state index is -0.205. The lowest BCUT2D eigenvalue weighted by atomic mass is 10.1. The highest BCUT2D eigenvalue weighted by Crippen LogP contribution is 2.14. The van der Waals surface area contributed by atoms with Crippen molar-refractivity contribution in [3.8, 4) is 11.4 Å². The van der Waals surface area contributed by atoms with Crippen LogP contribution in [0.25, 0.3) is 11.4 Å². The molecular formula is C27H34N6O2. The average molecular weight is 475 g/mol. The molecule has 2 aromatic heterocycles. The Hall–Kier alpha value is -3.36. The molecule has 8 nitrogen and oxygen atoms in total. The van der Waals surface area contributed by atoms with Gasteiger partial charge < -0.3 is 15.2 Å². The van der Waals surface area contributed by atoms with Gasteiger partial charge >= 0.3 is 0 Å². The number of amides is 1. The fraction of sp³-hybridized carbons (Fsp3) is 0.407. The second-order valence-electron chi connectivity index (χ2n) is 9.02. The Kier molecular flexibility index (Phi) is 8.39. The number of aryl methyl sites for hydroxylation is 1. The molecule has 1 aliphatic rings. The second kappa shape index (κ2) is 11.9. The normalized spacial score (nSPS) is 14.7. The zero-order chi connectivity index (χ0) is 24.6. The van der Waals surface area contributed by atoms with Crippen LogP contribution in [0.15, 0.2) is 53.6 Å². The van der Waals surface area contributed by atoms with Crippen molar-refractivity contribution in [1.82, 2.24) is 30.1 Å². The monoisotopic (exact) mass is 474 g/mol. The van der Waals surface area contributed by atoms with Gasteiger partial charge in [0.05, 0.1) is 0 Å². The van der Waals surface area contributed by atoms with Crippen molar-refractivity contribution in [2.75, 3.05) is 32.7 Å². The van der Waals surface area contributed by atoms with Gasteiger partial charge in [-0.25, -0.2) is 4.98 Å². The summed E-state index contributed by atoms with van der Waals surface area (Å²) in [5, 5.41) is 2.96. The number of piperazine rings is 1. The van der Waals surface area contributed by atoms with Crippen LogP contribution in [0.2, 0.25) is 0 Å². The molecule has 0 unspecified atom stereocenters. The van der Waals surface area contributed by atoms with Crippen molar-refractivity contribution in [2.45, 2.75) is 39.8 Å². The minimum Gasteiger partial charge on any atom is -0.352 e. The molecular weight excluding hydrogens is 440 g/mol. The van der Waals surface area contributed by atoms with Gasteiger partial charge in [-0.3, -0.25) is 19.5 Å². The molecule has 2 N–H and O–H groups in total. The number of likely N-dealkylation sites (N-methyl/N-ethyl adjacent to an activating group) is 1. The number of H-pyrrole nitrogens is 1. The summed E-state index contributed by atoms with van der Waals surface area (Å²) >= 11 is 0. The highest BCUT2D eigenvalue weighted by molar-refractivity contribution is 5.76. The Morgan fingerprint density at radius 1 is 1.00 bits per heavy atom. The Morgan fingerprint density at radius 2 is 1.66 bits per heavy atom. The Labute approximate surface area is 206 Å². The topological polar surface area (TPSA) is 94.2 Å². The summed E-state index contributed by atoms with van der Waals surface area (Å²) in [4.78, 5) is 41.3. The Morgan fingerprint density at radius 3 is 2.31 bits per heavy atom. The summed E-state index contributed by atoms with van der Waals surface area (Å²) in [6.07, 6.45) is 3.90. The van der Waals surface area contributed by atoms with Crippen molar-refractivity contribution in [3.05, 3.63) is 81.5 Å². The van der Waals surface area contributed by atoms with Gasteiger partial charge in [-0.1, -0.05) is 31.2 Å². The zero-order valence-electron chi connectivity index (χ0n) is 20.6. The van der Waals surface area contributed by atoms with E-state index in [4.69, 9.17) is 0 Å². The SMILES string of the molecule is CCN1CCN(Cc2ccc(CNC(=O)CCc3c(C)nc(-c4ccncc4)[nH]c3=O)cc2)CC1. The van der Waals surface area contributed by atoms with E-state index in [9.17, 15) is 9.59 Å². The summed E-state index contributed by atoms with van der Waals surface area (Å²) in [5.74, 6) is 0.426. The van der Waals surface area contributed by atoms with Crippen LogP contribution in [0.4, 0.5) is 0 Å². The van der Waals surface area contributed by atoms with E-state index in [0.717, 1.165) is 50.4 Å². The first kappa shape index (κ1) is 24.8. The van der Waals surface area contributed by atoms with Crippen LogP contribution in [0.3, 0.4) is 0 Å². The zero-order valence-corrected chi connectivity index (χ0v) is 20.6. The van der Waals surface area contributed by atoms with E-state index in [1.165, 1.54) is 5.56 Å². The highest BCUT2D eigenvalue weighted by atomic mass is 16.1. The molecule has 0 bridgehead atoms. The third-order valence-electron chi connectivity index (χ3n) is 6.61. The number of hydrogen-bond acceptors (Lipinski definition) is 6. The molecule has 8 heteroatoms. The lowest BCUT2D eigenvalue weighted by Gasteiger charge is -2.34. The number of nitrogens with zero attached hydrogens (tertiary/aromatic N) is 4. The van der Waals surface area contributed by atoms with Gasteiger partial charge in [0.25, 0.3) is 5.56 Å². The van der Waals surface area contributed by atoms with Gasteiger partial charge in [0.15, 0.2) is 0 Å². The molecule has 0 radical (unpaired) electrons. The number of carbonyl (C=O) groups excluding carboxylic acids is 1. The molecule has 0 atom stereocenters. The van der Waals surface area contributed by atoms with Gasteiger partial charge in [-0.15, -0.1) is 0 Å². The van der Waals surface area contributed by atoms with E-state index in [1.807, 2.05) is 0 Å². The molecule has 3 aromatic rings. The predicted molar refractivity (Wildman–Crippen MR) is 137 cm³/mol. The quantitative estimate of drug-likeness (QED) is 0.495. The van der Waals surface area contributed by atoms with Crippen molar-refractivity contribution in [2.24, 2.45) is 0 Å². The summed E-state index contributed by atoms with van der Waals surface area (Å²) in [6.45, 7) is 11.1. The number of nitrogens with one attached hydrogen (secondary N) is 2. The maximum atomic E-state index is 12.6. The maximum absolute atomic E-state index is 12.6. The van der Waals surface area contributed by atoms with Gasteiger partial charge in [-0.05, 0) is 43.1 Å². The van der Waals surface area contributed by atoms with E-state index in [-0.39, 0.29) is 17.9 Å². The maximum Gasteiger partial charge on any atom is 0.254 e. The number of hydrogen-bond donors (Lipinski definition) is 2. The van der Waals surface area contributed by atoms with Crippen molar-refractivity contribution in [3.63, 3.8) is 0 Å². The molecule has 1 fully saturated rings. The van der Waals surface area contributed by atoms with E-state index in [2.05, 4.69) is 61.3 Å². The van der Waals surface area contributed by atoms with Crippen LogP contribution in [-0.4, -0.2) is 63.4 Å². The van der Waals surface area contributed by atoms with E-state index in [1.54, 1.807) is 31.5 Å². The molecule has 4 rings (SSSR count). The molecule has 1 aliphatic heterocycles. The third kappa shape index (κ3) is 6.83. The van der Waals surface area contributed by atoms with Crippen LogP contribution in [0, 0.1) is 6.92 Å². The molecule has 3 heterocycles. The summed E-state index contributed by atoms with van der Waals surface area (Å²) in [5.41, 5.74) is 4.14. The molecule has 0 saturated carbocycles. The molecule has 35 heavy (non-hydrogen) atoms. The number of rotatable bonds is 9. The lowest BCUT2D eigenvalue weighted by Crippen LogP contribution is -2.45. The third-order valence-corrected chi connectivity index (χ3v) is 6.61. The van der Waals surface area contributed by atoms with Crippen LogP contribution >= 0.6 is 0 Å². The molecule has 184 valence electrons. The summed E-state index contributed by atoms with van der Waals surface area (Å²) in [7, 11) is 0. The van der Waals surface area contributed by atoms with Crippen LogP contribution in [-0.2, 0) is 24.3 Å². The number of pyridine rings is 1. The minimum absolute atomic E-state index is 0.0834. The predicted octanol–water partition coefficient (Wildman–Crippen LogP) is 2.53. The van der Waals surface area contributed by atoms with E-state index < -0.39 is 0 Å². The van der Waals surface area contributed by atoms with Crippen LogP contribution in [0.1, 0.15) is 35.7 Å². The first-order chi connectivity index (χ1) is 17.0. The second-order valence-corrected chi connectivity index (χ2v) is 9.02. The smallest absolute Gasteiger partial charge is 0.254 e. The van der Waals surface area contributed by atoms with Gasteiger partial charge in [0, 0.05) is 74.9 Å². The molecule has 1 amide bonds. The Balaban J connectivity index is 1.24. The van der Waals surface area contributed by atoms with Gasteiger partial charge in [0.2, 0.25) is 5.91 Å². The number of carbonyl (C=O) groups is 1. The van der Waals surface area contributed by atoms with Crippen molar-refractivity contribution in [1.29, 1.82) is 0 Å². The van der Waals surface area contributed by atoms with Crippen molar-refractivity contribution >= 4 is 5.91 Å². The van der Waals surface area contributed by atoms with Gasteiger partial charge in [-0.2, -0.15) is 0 Å². The van der Waals surface area contributed by atoms with Crippen LogP contribution < -0.4 is 10.9 Å². The number of benzene rings is 1. The average Bonchev–Trinajstić information content (AvgIpc) is 2.88. The fourth-order valence-electron chi connectivity index (χ4n) is 4.36. The highest BCUT2D eigenvalue weighted by Gasteiger charge is 2.15. The summed E-state index contributed by atoms with van der Waals surface area (Å²) < 4.78 is 0. The first-order valence-electron chi connectivity index (χ1n) is 12.3. The molecule has 0 spiro atoms. The van der Waals surface area contributed by atoms with Gasteiger partial charge in [0.1, 0.15) is 5.82 Å². The standard InChI is InChI=1S/C27H34N6O2/c1-3-32-14-16-33(17-15-32)19-22-6-4-21(5-7-22)18-29-25(34)9-8-24-20(2)30-26(31-27(24)35)23-10-12-28-13-11-23/h4-7,10-13H,3,8-9,14-19H2,1-2H3,(H,29,34)(H,30,31,35). The van der Waals surface area contributed by atoms with E-state index >= 15 is 0 Å². The number of aromatic amines is 1. The molecule has 1 aromatic carbocycles. The number of aromatic nitrogens is 3.